The molecule has 2 aliphatic heterocycles. The number of hydrogen-bond acceptors (Lipinski definition) is 4. The second-order valence-electron chi connectivity index (χ2n) is 6.04. The lowest BCUT2D eigenvalue weighted by Gasteiger charge is -2.37. The molecule has 0 aromatic carbocycles. The predicted octanol–water partition coefficient (Wildman–Crippen LogP) is 0.625. The van der Waals surface area contributed by atoms with E-state index in [0.29, 0.717) is 44.2 Å². The Morgan fingerprint density at radius 3 is 2.23 bits per heavy atom. The number of thioether (sulfide) groups is 1. The fraction of sp³-hybridized carbons (Fsp3) is 0.800. The number of carbonyl (C=O) groups is 3. The van der Waals surface area contributed by atoms with Crippen molar-refractivity contribution in [2.45, 2.75) is 33.2 Å². The van der Waals surface area contributed by atoms with Gasteiger partial charge in [0.2, 0.25) is 17.7 Å². The standard InChI is InChI=1S/C15H25N3O3S/c1-4-13(19)18-10-22-9-12(18)15(21)17-7-5-16(6-8-17)14(20)11(2)3/h11-12H,4-10H2,1-3H3/t12-/m0/s1. The minimum atomic E-state index is -0.329. The van der Waals surface area contributed by atoms with E-state index in [4.69, 9.17) is 0 Å². The van der Waals surface area contributed by atoms with E-state index in [9.17, 15) is 14.4 Å². The summed E-state index contributed by atoms with van der Waals surface area (Å²) in [4.78, 5) is 41.9. The topological polar surface area (TPSA) is 60.9 Å². The first-order chi connectivity index (χ1) is 10.5. The highest BCUT2D eigenvalue weighted by Crippen LogP contribution is 2.23. The maximum Gasteiger partial charge on any atom is 0.246 e. The summed E-state index contributed by atoms with van der Waals surface area (Å²) in [5, 5.41) is 0. The van der Waals surface area contributed by atoms with Crippen LogP contribution in [-0.4, -0.2) is 76.3 Å². The van der Waals surface area contributed by atoms with Gasteiger partial charge in [-0.1, -0.05) is 20.8 Å². The Morgan fingerprint density at radius 2 is 1.68 bits per heavy atom. The lowest BCUT2D eigenvalue weighted by Crippen LogP contribution is -2.56. The van der Waals surface area contributed by atoms with Gasteiger partial charge in [0, 0.05) is 44.3 Å². The molecular formula is C15H25N3O3S. The third-order valence-corrected chi connectivity index (χ3v) is 5.20. The van der Waals surface area contributed by atoms with E-state index in [0.717, 1.165) is 0 Å². The van der Waals surface area contributed by atoms with Crippen molar-refractivity contribution in [2.75, 3.05) is 37.8 Å². The molecule has 0 bridgehead atoms. The van der Waals surface area contributed by atoms with Crippen LogP contribution in [0.25, 0.3) is 0 Å². The number of nitrogens with zero attached hydrogens (tertiary/aromatic N) is 3. The Balaban J connectivity index is 1.92. The Morgan fingerprint density at radius 1 is 1.09 bits per heavy atom. The maximum atomic E-state index is 12.7. The summed E-state index contributed by atoms with van der Waals surface area (Å²) in [6.45, 7) is 7.91. The zero-order chi connectivity index (χ0) is 16.3. The van der Waals surface area contributed by atoms with Crippen LogP contribution in [0.1, 0.15) is 27.2 Å². The largest absolute Gasteiger partial charge is 0.339 e. The average Bonchev–Trinajstić information content (AvgIpc) is 3.02. The van der Waals surface area contributed by atoms with Crippen molar-refractivity contribution in [3.05, 3.63) is 0 Å². The Kier molecular flexibility index (Phi) is 5.72. The van der Waals surface area contributed by atoms with Crippen molar-refractivity contribution in [2.24, 2.45) is 5.92 Å². The number of piperazine rings is 1. The molecule has 0 spiro atoms. The fourth-order valence-corrected chi connectivity index (χ4v) is 3.99. The van der Waals surface area contributed by atoms with Gasteiger partial charge in [0.15, 0.2) is 0 Å². The van der Waals surface area contributed by atoms with Crippen molar-refractivity contribution in [1.29, 1.82) is 0 Å². The highest BCUT2D eigenvalue weighted by atomic mass is 32.2. The minimum absolute atomic E-state index is 0.00819. The summed E-state index contributed by atoms with van der Waals surface area (Å²) >= 11 is 1.63. The van der Waals surface area contributed by atoms with E-state index in [-0.39, 0.29) is 29.7 Å². The van der Waals surface area contributed by atoms with Crippen molar-refractivity contribution in [3.63, 3.8) is 0 Å². The summed E-state index contributed by atoms with van der Waals surface area (Å²) in [6.07, 6.45) is 0.432. The monoisotopic (exact) mass is 327 g/mol. The smallest absolute Gasteiger partial charge is 0.246 e. The van der Waals surface area contributed by atoms with E-state index in [1.54, 1.807) is 21.6 Å². The van der Waals surface area contributed by atoms with Gasteiger partial charge in [-0.15, -0.1) is 11.8 Å². The molecule has 0 aliphatic carbocycles. The van der Waals surface area contributed by atoms with Crippen LogP contribution in [0.15, 0.2) is 0 Å². The van der Waals surface area contributed by atoms with Crippen molar-refractivity contribution < 1.29 is 14.4 Å². The number of rotatable bonds is 3. The van der Waals surface area contributed by atoms with Crippen LogP contribution < -0.4 is 0 Å². The molecule has 2 rings (SSSR count). The quantitative estimate of drug-likeness (QED) is 0.763. The Bertz CT molecular complexity index is 447. The van der Waals surface area contributed by atoms with Gasteiger partial charge in [-0.05, 0) is 0 Å². The summed E-state index contributed by atoms with van der Waals surface area (Å²) < 4.78 is 0. The van der Waals surface area contributed by atoms with E-state index >= 15 is 0 Å². The van der Waals surface area contributed by atoms with Gasteiger partial charge in [-0.2, -0.15) is 0 Å². The number of carbonyl (C=O) groups excluding carboxylic acids is 3. The molecule has 2 saturated heterocycles. The Hall–Kier alpha value is -1.24. The molecule has 0 radical (unpaired) electrons. The molecule has 2 aliphatic rings. The van der Waals surface area contributed by atoms with E-state index in [1.165, 1.54) is 0 Å². The van der Waals surface area contributed by atoms with Crippen LogP contribution in [0.4, 0.5) is 0 Å². The molecule has 6 nitrogen and oxygen atoms in total. The summed E-state index contributed by atoms with van der Waals surface area (Å²) in [7, 11) is 0. The molecule has 0 saturated carbocycles. The number of hydrogen-bond donors (Lipinski definition) is 0. The third kappa shape index (κ3) is 3.56. The molecule has 0 aromatic rings. The van der Waals surface area contributed by atoms with Crippen LogP contribution >= 0.6 is 11.8 Å². The van der Waals surface area contributed by atoms with Crippen LogP contribution in [0.2, 0.25) is 0 Å². The highest BCUT2D eigenvalue weighted by molar-refractivity contribution is 7.99. The highest BCUT2D eigenvalue weighted by Gasteiger charge is 2.37. The first kappa shape index (κ1) is 17.1. The van der Waals surface area contributed by atoms with Crippen LogP contribution in [0.5, 0.6) is 0 Å². The Labute approximate surface area is 136 Å². The average molecular weight is 327 g/mol. The number of amides is 3. The SMILES string of the molecule is CCC(=O)N1CSC[C@H]1C(=O)N1CCN(C(=O)C(C)C)CC1. The van der Waals surface area contributed by atoms with Gasteiger partial charge in [0.25, 0.3) is 0 Å². The van der Waals surface area contributed by atoms with Crippen LogP contribution in [-0.2, 0) is 14.4 Å². The van der Waals surface area contributed by atoms with E-state index in [1.807, 2.05) is 25.7 Å². The van der Waals surface area contributed by atoms with E-state index < -0.39 is 0 Å². The molecule has 124 valence electrons. The maximum absolute atomic E-state index is 12.7. The van der Waals surface area contributed by atoms with Gasteiger partial charge in [0.1, 0.15) is 6.04 Å². The third-order valence-electron chi connectivity index (χ3n) is 4.19. The molecule has 0 unspecified atom stereocenters. The zero-order valence-corrected chi connectivity index (χ0v) is 14.4. The molecule has 7 heteroatoms. The molecule has 0 N–H and O–H groups in total. The first-order valence-corrected chi connectivity index (χ1v) is 9.06. The van der Waals surface area contributed by atoms with Gasteiger partial charge < -0.3 is 14.7 Å². The van der Waals surface area contributed by atoms with Crippen molar-refractivity contribution in [1.82, 2.24) is 14.7 Å². The second kappa shape index (κ2) is 7.35. The van der Waals surface area contributed by atoms with Crippen LogP contribution in [0, 0.1) is 5.92 Å². The first-order valence-electron chi connectivity index (χ1n) is 7.90. The summed E-state index contributed by atoms with van der Waals surface area (Å²) in [5.41, 5.74) is 0. The van der Waals surface area contributed by atoms with Crippen molar-refractivity contribution >= 4 is 29.5 Å². The molecule has 2 heterocycles. The normalized spacial score (nSPS) is 22.4. The molecule has 3 amide bonds. The van der Waals surface area contributed by atoms with Gasteiger partial charge >= 0.3 is 0 Å². The summed E-state index contributed by atoms with van der Waals surface area (Å²) in [5.74, 6) is 1.49. The lowest BCUT2D eigenvalue weighted by molar-refractivity contribution is -0.146. The molecule has 1 atom stereocenters. The zero-order valence-electron chi connectivity index (χ0n) is 13.6. The van der Waals surface area contributed by atoms with Crippen LogP contribution in [0.3, 0.4) is 0 Å². The molecular weight excluding hydrogens is 302 g/mol. The van der Waals surface area contributed by atoms with Gasteiger partial charge in [-0.25, -0.2) is 0 Å². The molecule has 2 fully saturated rings. The fourth-order valence-electron chi connectivity index (χ4n) is 2.82. The predicted molar refractivity (Wildman–Crippen MR) is 86.2 cm³/mol. The van der Waals surface area contributed by atoms with Gasteiger partial charge in [0.05, 0.1) is 5.88 Å². The molecule has 0 aromatic heterocycles. The van der Waals surface area contributed by atoms with Crippen molar-refractivity contribution in [3.8, 4) is 0 Å². The van der Waals surface area contributed by atoms with E-state index in [2.05, 4.69) is 0 Å². The molecule has 22 heavy (non-hydrogen) atoms. The second-order valence-corrected chi connectivity index (χ2v) is 7.04. The minimum Gasteiger partial charge on any atom is -0.339 e. The lowest BCUT2D eigenvalue weighted by atomic mass is 10.1. The van der Waals surface area contributed by atoms with Gasteiger partial charge in [-0.3, -0.25) is 14.4 Å². The summed E-state index contributed by atoms with van der Waals surface area (Å²) in [6, 6.07) is -0.329.